The second-order valence-electron chi connectivity index (χ2n) is 7.32. The van der Waals surface area contributed by atoms with Crippen molar-refractivity contribution in [3.63, 3.8) is 0 Å². The largest absolute Gasteiger partial charge is 0.0820 e. The van der Waals surface area contributed by atoms with Gasteiger partial charge in [0.25, 0.3) is 0 Å². The van der Waals surface area contributed by atoms with Gasteiger partial charge < -0.3 is 0 Å². The van der Waals surface area contributed by atoms with E-state index in [0.29, 0.717) is 16.2 Å². The van der Waals surface area contributed by atoms with Gasteiger partial charge in [0, 0.05) is 0 Å². The zero-order valence-electron chi connectivity index (χ0n) is 10.5. The van der Waals surface area contributed by atoms with Crippen LogP contribution >= 0.6 is 0 Å². The normalized spacial score (nSPS) is 51.5. The summed E-state index contributed by atoms with van der Waals surface area (Å²) in [5.41, 5.74) is 1.76. The molecule has 0 radical (unpaired) electrons. The molecule has 3 aliphatic rings. The molecular weight excluding hydrogens is 180 g/mol. The van der Waals surface area contributed by atoms with E-state index in [1.165, 1.54) is 38.5 Å². The maximum atomic E-state index is 2.61. The highest BCUT2D eigenvalue weighted by atomic mass is 14.6. The van der Waals surface area contributed by atoms with E-state index in [2.05, 4.69) is 32.9 Å². The molecule has 0 aromatic carbocycles. The summed E-state index contributed by atoms with van der Waals surface area (Å²) in [7, 11) is 0. The number of rotatable bonds is 0. The summed E-state index contributed by atoms with van der Waals surface area (Å²) in [6.07, 6.45) is 14.0. The fraction of sp³-hybridized carbons (Fsp3) is 0.867. The van der Waals surface area contributed by atoms with Gasteiger partial charge in [-0.3, -0.25) is 0 Å². The zero-order chi connectivity index (χ0) is 10.7. The average molecular weight is 204 g/mol. The van der Waals surface area contributed by atoms with Crippen molar-refractivity contribution in [2.24, 2.45) is 22.2 Å². The minimum atomic E-state index is 0.471. The number of allylic oxidation sites excluding steroid dienone is 2. The minimum Gasteiger partial charge on any atom is -0.0820 e. The van der Waals surface area contributed by atoms with E-state index in [1.807, 2.05) is 0 Å². The highest BCUT2D eigenvalue weighted by molar-refractivity contribution is 5.22. The summed E-state index contributed by atoms with van der Waals surface area (Å²) in [6, 6.07) is 0. The first-order chi connectivity index (χ1) is 6.96. The van der Waals surface area contributed by atoms with Crippen molar-refractivity contribution in [1.29, 1.82) is 0 Å². The number of hydrogen-bond acceptors (Lipinski definition) is 0. The van der Waals surface area contributed by atoms with Crippen molar-refractivity contribution in [3.8, 4) is 0 Å². The van der Waals surface area contributed by atoms with Crippen LogP contribution in [0.2, 0.25) is 0 Å². The Morgan fingerprint density at radius 1 is 1.00 bits per heavy atom. The highest BCUT2D eigenvalue weighted by Crippen LogP contribution is 2.65. The van der Waals surface area contributed by atoms with Gasteiger partial charge in [-0.25, -0.2) is 0 Å². The molecule has 3 aliphatic carbocycles. The molecule has 3 rings (SSSR count). The highest BCUT2D eigenvalue weighted by Gasteiger charge is 2.55. The van der Waals surface area contributed by atoms with Crippen LogP contribution in [0, 0.1) is 22.2 Å². The molecule has 2 saturated carbocycles. The Morgan fingerprint density at radius 3 is 2.60 bits per heavy atom. The molecule has 0 heteroatoms. The Hall–Kier alpha value is -0.260. The van der Waals surface area contributed by atoms with E-state index in [9.17, 15) is 0 Å². The number of hydrogen-bond donors (Lipinski definition) is 0. The maximum Gasteiger partial charge on any atom is -0.00765 e. The van der Waals surface area contributed by atoms with Crippen molar-refractivity contribution in [3.05, 3.63) is 12.2 Å². The van der Waals surface area contributed by atoms with Crippen molar-refractivity contribution in [1.82, 2.24) is 0 Å². The third-order valence-electron chi connectivity index (χ3n) is 5.65. The van der Waals surface area contributed by atoms with Gasteiger partial charge in [-0.05, 0) is 54.3 Å². The molecule has 0 amide bonds. The molecule has 3 atom stereocenters. The molecule has 0 nitrogen and oxygen atoms in total. The van der Waals surface area contributed by atoms with E-state index in [4.69, 9.17) is 0 Å². The van der Waals surface area contributed by atoms with E-state index in [-0.39, 0.29) is 0 Å². The fourth-order valence-electron chi connectivity index (χ4n) is 4.97. The number of fused-ring (bicyclic) bond motifs is 1. The lowest BCUT2D eigenvalue weighted by Crippen LogP contribution is -2.45. The van der Waals surface area contributed by atoms with Gasteiger partial charge in [0.05, 0.1) is 0 Å². The van der Waals surface area contributed by atoms with Crippen molar-refractivity contribution in [2.75, 3.05) is 0 Å². The smallest absolute Gasteiger partial charge is 0.00765 e. The van der Waals surface area contributed by atoms with Gasteiger partial charge in [-0.2, -0.15) is 0 Å². The van der Waals surface area contributed by atoms with Crippen LogP contribution in [-0.4, -0.2) is 0 Å². The van der Waals surface area contributed by atoms with Crippen molar-refractivity contribution >= 4 is 0 Å². The van der Waals surface area contributed by atoms with Gasteiger partial charge in [0.1, 0.15) is 0 Å². The van der Waals surface area contributed by atoms with Gasteiger partial charge in [-0.1, -0.05) is 39.3 Å². The molecule has 0 aromatic rings. The molecule has 0 saturated heterocycles. The molecule has 2 bridgehead atoms. The standard InChI is InChI=1S/C15H24/c1-13(2)9-10-15-7-4-6-14(3,11-15)8-5-12(13)15/h9-10,12H,4-8,11H2,1-3H3/t12-,14-,15+/m0/s1. The second-order valence-corrected chi connectivity index (χ2v) is 7.32. The first-order valence-electron chi connectivity index (χ1n) is 6.66. The van der Waals surface area contributed by atoms with Crippen LogP contribution in [0.3, 0.4) is 0 Å². The molecule has 0 unspecified atom stereocenters. The Kier molecular flexibility index (Phi) is 1.79. The Labute approximate surface area is 94.1 Å². The van der Waals surface area contributed by atoms with Crippen LogP contribution in [0.1, 0.15) is 59.3 Å². The van der Waals surface area contributed by atoms with Crippen molar-refractivity contribution in [2.45, 2.75) is 59.3 Å². The van der Waals surface area contributed by atoms with E-state index < -0.39 is 0 Å². The van der Waals surface area contributed by atoms with Gasteiger partial charge in [0.2, 0.25) is 0 Å². The third-order valence-corrected chi connectivity index (χ3v) is 5.65. The molecular formula is C15H24. The van der Waals surface area contributed by atoms with Crippen LogP contribution in [0.5, 0.6) is 0 Å². The van der Waals surface area contributed by atoms with Crippen LogP contribution < -0.4 is 0 Å². The summed E-state index contributed by atoms with van der Waals surface area (Å²) < 4.78 is 0. The average Bonchev–Trinajstić information content (AvgIpc) is 2.36. The molecule has 2 fully saturated rings. The van der Waals surface area contributed by atoms with Crippen molar-refractivity contribution < 1.29 is 0 Å². The van der Waals surface area contributed by atoms with Gasteiger partial charge in [0.15, 0.2) is 0 Å². The van der Waals surface area contributed by atoms with Crippen LogP contribution in [0.25, 0.3) is 0 Å². The molecule has 1 spiro atoms. The Bertz CT molecular complexity index is 312. The predicted molar refractivity (Wildman–Crippen MR) is 64.7 cm³/mol. The fourth-order valence-corrected chi connectivity index (χ4v) is 4.97. The minimum absolute atomic E-state index is 0.471. The van der Waals surface area contributed by atoms with Gasteiger partial charge >= 0.3 is 0 Å². The molecule has 0 aliphatic heterocycles. The van der Waals surface area contributed by atoms with Crippen LogP contribution in [0.15, 0.2) is 12.2 Å². The summed E-state index contributed by atoms with van der Waals surface area (Å²) >= 11 is 0. The zero-order valence-corrected chi connectivity index (χ0v) is 10.5. The summed E-state index contributed by atoms with van der Waals surface area (Å²) in [5, 5.41) is 0. The second kappa shape index (κ2) is 2.70. The van der Waals surface area contributed by atoms with E-state index in [1.54, 1.807) is 0 Å². The van der Waals surface area contributed by atoms with Crippen LogP contribution in [0.4, 0.5) is 0 Å². The summed E-state index contributed by atoms with van der Waals surface area (Å²) in [4.78, 5) is 0. The van der Waals surface area contributed by atoms with Crippen LogP contribution in [-0.2, 0) is 0 Å². The van der Waals surface area contributed by atoms with E-state index in [0.717, 1.165) is 5.92 Å². The summed E-state index contributed by atoms with van der Waals surface area (Å²) in [5.74, 6) is 0.943. The molecule has 0 aromatic heterocycles. The lowest BCUT2D eigenvalue weighted by Gasteiger charge is -2.55. The molecule has 0 N–H and O–H groups in total. The third kappa shape index (κ3) is 1.26. The molecule has 0 heterocycles. The lowest BCUT2D eigenvalue weighted by atomic mass is 9.50. The van der Waals surface area contributed by atoms with Gasteiger partial charge in [-0.15, -0.1) is 0 Å². The monoisotopic (exact) mass is 204 g/mol. The Balaban J connectivity index is 1.99. The Morgan fingerprint density at radius 2 is 1.80 bits per heavy atom. The maximum absolute atomic E-state index is 2.61. The molecule has 15 heavy (non-hydrogen) atoms. The quantitative estimate of drug-likeness (QED) is 0.507. The SMILES string of the molecule is CC1(C)C=C[C@@]23CCC[C@@](C)(CC[C@@H]12)C3. The topological polar surface area (TPSA) is 0 Å². The molecule has 84 valence electrons. The lowest BCUT2D eigenvalue weighted by molar-refractivity contribution is -0.0270. The summed E-state index contributed by atoms with van der Waals surface area (Å²) in [6.45, 7) is 7.42. The first kappa shape index (κ1) is 9.93. The van der Waals surface area contributed by atoms with E-state index >= 15 is 0 Å². The first-order valence-corrected chi connectivity index (χ1v) is 6.66. The predicted octanol–water partition coefficient (Wildman–Crippen LogP) is 4.56.